The average molecular weight is 264 g/mol. The Morgan fingerprint density at radius 1 is 1.35 bits per heavy atom. The Hall–Kier alpha value is -0.970. The molecule has 1 saturated heterocycles. The second-order valence-corrected chi connectivity index (χ2v) is 5.35. The molecule has 0 bridgehead atoms. The predicted octanol–water partition coefficient (Wildman–Crippen LogP) is 2.76. The largest absolute Gasteiger partial charge is 0.448 e. The van der Waals surface area contributed by atoms with Crippen molar-refractivity contribution in [1.29, 1.82) is 0 Å². The fourth-order valence-electron chi connectivity index (χ4n) is 1.66. The third kappa shape index (κ3) is 5.26. The van der Waals surface area contributed by atoms with Crippen LogP contribution in [0, 0.1) is 0 Å². The van der Waals surface area contributed by atoms with Crippen LogP contribution in [0.1, 0.15) is 33.6 Å². The van der Waals surface area contributed by atoms with Gasteiger partial charge < -0.3 is 14.4 Å². The van der Waals surface area contributed by atoms with Crippen molar-refractivity contribution in [1.82, 2.24) is 4.90 Å². The van der Waals surface area contributed by atoms with Crippen molar-refractivity contribution in [3.05, 3.63) is 0 Å². The molecule has 0 aromatic carbocycles. The molecule has 1 rings (SSSR count). The minimum atomic E-state index is -0.832. The van der Waals surface area contributed by atoms with Crippen molar-refractivity contribution >= 4 is 23.1 Å². The highest BCUT2D eigenvalue weighted by atomic mass is 35.5. The molecule has 1 unspecified atom stereocenters. The van der Waals surface area contributed by atoms with Gasteiger partial charge in [-0.2, -0.15) is 0 Å². The molecule has 1 aliphatic heterocycles. The minimum Gasteiger partial charge on any atom is -0.448 e. The van der Waals surface area contributed by atoms with Crippen molar-refractivity contribution in [2.75, 3.05) is 13.1 Å². The summed E-state index contributed by atoms with van der Waals surface area (Å²) in [6.45, 7) is 6.39. The van der Waals surface area contributed by atoms with Crippen LogP contribution in [0.5, 0.6) is 0 Å². The maximum absolute atomic E-state index is 11.8. The number of piperidine rings is 1. The molecule has 17 heavy (non-hydrogen) atoms. The van der Waals surface area contributed by atoms with Gasteiger partial charge in [0.15, 0.2) is 0 Å². The highest BCUT2D eigenvalue weighted by molar-refractivity contribution is 6.61. The summed E-state index contributed by atoms with van der Waals surface area (Å²) in [5.41, 5.74) is -1.35. The van der Waals surface area contributed by atoms with Crippen LogP contribution in [-0.2, 0) is 9.47 Å². The summed E-state index contributed by atoms with van der Waals surface area (Å²) in [6, 6.07) is 0. The first-order valence-corrected chi connectivity index (χ1v) is 6.00. The fraction of sp³-hybridized carbons (Fsp3) is 0.818. The number of hydrogen-bond acceptors (Lipinski definition) is 4. The van der Waals surface area contributed by atoms with Gasteiger partial charge in [0.2, 0.25) is 0 Å². The topological polar surface area (TPSA) is 55.8 Å². The number of ether oxygens (including phenoxy) is 2. The predicted molar refractivity (Wildman–Crippen MR) is 63.2 cm³/mol. The molecule has 0 aromatic heterocycles. The van der Waals surface area contributed by atoms with E-state index in [9.17, 15) is 9.59 Å². The molecule has 0 spiro atoms. The van der Waals surface area contributed by atoms with Gasteiger partial charge in [-0.25, -0.2) is 9.59 Å². The van der Waals surface area contributed by atoms with Crippen molar-refractivity contribution in [3.8, 4) is 0 Å². The Balaban J connectivity index is 2.49. The van der Waals surface area contributed by atoms with Gasteiger partial charge >= 0.3 is 11.5 Å². The maximum Gasteiger partial charge on any atom is 0.410 e. The molecule has 1 fully saturated rings. The molecule has 5 nitrogen and oxygen atoms in total. The summed E-state index contributed by atoms with van der Waals surface area (Å²) < 4.78 is 10.1. The molecule has 1 atom stereocenters. The van der Waals surface area contributed by atoms with Crippen LogP contribution in [0.4, 0.5) is 9.59 Å². The molecule has 1 amide bonds. The zero-order valence-corrected chi connectivity index (χ0v) is 11.1. The van der Waals surface area contributed by atoms with Crippen LogP contribution in [0.2, 0.25) is 0 Å². The summed E-state index contributed by atoms with van der Waals surface area (Å²) in [4.78, 5) is 23.9. The van der Waals surface area contributed by atoms with E-state index in [2.05, 4.69) is 0 Å². The fourth-order valence-corrected chi connectivity index (χ4v) is 1.78. The first-order chi connectivity index (χ1) is 7.78. The minimum absolute atomic E-state index is 0.332. The van der Waals surface area contributed by atoms with Crippen molar-refractivity contribution in [2.24, 2.45) is 0 Å². The second kappa shape index (κ2) is 5.58. The number of carbonyl (C=O) groups is 2. The Kier molecular flexibility index (Phi) is 4.62. The highest BCUT2D eigenvalue weighted by Gasteiger charge is 2.29. The Labute approximate surface area is 106 Å². The Morgan fingerprint density at radius 3 is 2.53 bits per heavy atom. The van der Waals surface area contributed by atoms with E-state index in [1.165, 1.54) is 0 Å². The Bertz CT molecular complexity index is 300. The van der Waals surface area contributed by atoms with Crippen LogP contribution in [-0.4, -0.2) is 41.2 Å². The van der Waals surface area contributed by atoms with Gasteiger partial charge in [0.05, 0.1) is 6.54 Å². The lowest BCUT2D eigenvalue weighted by molar-refractivity contribution is 0.00225. The van der Waals surface area contributed by atoms with Crippen LogP contribution in [0.25, 0.3) is 0 Å². The van der Waals surface area contributed by atoms with Gasteiger partial charge in [-0.1, -0.05) is 0 Å². The SMILES string of the molecule is CC(C)(C)OC(=O)N1CCCC(OC(=O)Cl)C1. The lowest BCUT2D eigenvalue weighted by atomic mass is 10.1. The number of carbonyl (C=O) groups excluding carboxylic acids is 2. The molecule has 0 N–H and O–H groups in total. The molecule has 0 radical (unpaired) electrons. The van der Waals surface area contributed by atoms with E-state index >= 15 is 0 Å². The molecular formula is C11H18ClNO4. The van der Waals surface area contributed by atoms with E-state index < -0.39 is 11.0 Å². The van der Waals surface area contributed by atoms with Gasteiger partial charge in [-0.3, -0.25) is 0 Å². The molecule has 98 valence electrons. The number of nitrogens with zero attached hydrogens (tertiary/aromatic N) is 1. The number of hydrogen-bond donors (Lipinski definition) is 0. The zero-order chi connectivity index (χ0) is 13.1. The number of likely N-dealkylation sites (tertiary alicyclic amines) is 1. The van der Waals surface area contributed by atoms with E-state index in [0.29, 0.717) is 13.1 Å². The maximum atomic E-state index is 11.8. The molecule has 0 aromatic rings. The van der Waals surface area contributed by atoms with Crippen molar-refractivity contribution in [2.45, 2.75) is 45.3 Å². The third-order valence-corrected chi connectivity index (χ3v) is 2.38. The van der Waals surface area contributed by atoms with Gasteiger partial charge in [-0.05, 0) is 33.6 Å². The molecule has 1 aliphatic rings. The van der Waals surface area contributed by atoms with E-state index in [4.69, 9.17) is 21.1 Å². The number of amides is 1. The quantitative estimate of drug-likeness (QED) is 0.683. The monoisotopic (exact) mass is 263 g/mol. The first-order valence-electron chi connectivity index (χ1n) is 5.62. The van der Waals surface area contributed by atoms with Crippen LogP contribution >= 0.6 is 11.6 Å². The van der Waals surface area contributed by atoms with Gasteiger partial charge in [0.25, 0.3) is 0 Å². The summed E-state index contributed by atoms with van der Waals surface area (Å²) in [7, 11) is 0. The first kappa shape index (κ1) is 14.1. The smallest absolute Gasteiger partial charge is 0.410 e. The van der Waals surface area contributed by atoms with Crippen molar-refractivity contribution in [3.63, 3.8) is 0 Å². The van der Waals surface area contributed by atoms with E-state index in [-0.39, 0.29) is 12.2 Å². The van der Waals surface area contributed by atoms with Crippen LogP contribution in [0.15, 0.2) is 0 Å². The highest BCUT2D eigenvalue weighted by Crippen LogP contribution is 2.17. The van der Waals surface area contributed by atoms with Gasteiger partial charge in [-0.15, -0.1) is 0 Å². The molecule has 0 aliphatic carbocycles. The van der Waals surface area contributed by atoms with Crippen LogP contribution in [0.3, 0.4) is 0 Å². The number of rotatable bonds is 1. The van der Waals surface area contributed by atoms with E-state index in [1.54, 1.807) is 4.90 Å². The van der Waals surface area contributed by atoms with Gasteiger partial charge in [0.1, 0.15) is 11.7 Å². The summed E-state index contributed by atoms with van der Waals surface area (Å²) >= 11 is 5.15. The van der Waals surface area contributed by atoms with E-state index in [1.807, 2.05) is 20.8 Å². The summed E-state index contributed by atoms with van der Waals surface area (Å²) in [5.74, 6) is 0. The van der Waals surface area contributed by atoms with Crippen LogP contribution < -0.4 is 0 Å². The molecule has 0 saturated carbocycles. The number of halogens is 1. The molecular weight excluding hydrogens is 246 g/mol. The molecule has 1 heterocycles. The van der Waals surface area contributed by atoms with Crippen molar-refractivity contribution < 1.29 is 19.1 Å². The second-order valence-electron chi connectivity index (χ2n) is 5.05. The standard InChI is InChI=1S/C11H18ClNO4/c1-11(2,3)17-10(15)13-6-4-5-8(7-13)16-9(12)14/h8H,4-7H2,1-3H3. The molecule has 6 heteroatoms. The van der Waals surface area contributed by atoms with Gasteiger partial charge in [0, 0.05) is 18.1 Å². The zero-order valence-electron chi connectivity index (χ0n) is 10.4. The normalized spacial score (nSPS) is 20.9. The van der Waals surface area contributed by atoms with E-state index in [0.717, 1.165) is 12.8 Å². The third-order valence-electron chi connectivity index (χ3n) is 2.29. The average Bonchev–Trinajstić information content (AvgIpc) is 2.14. The Morgan fingerprint density at radius 2 is 2.00 bits per heavy atom. The lowest BCUT2D eigenvalue weighted by Crippen LogP contribution is -2.45. The lowest BCUT2D eigenvalue weighted by Gasteiger charge is -2.33. The summed E-state index contributed by atoms with van der Waals surface area (Å²) in [6.07, 6.45) is 0.778. The summed E-state index contributed by atoms with van der Waals surface area (Å²) in [5, 5.41) is 0.